The Morgan fingerprint density at radius 1 is 0.944 bits per heavy atom. The van der Waals surface area contributed by atoms with Gasteiger partial charge in [-0.15, -0.1) is 0 Å². The van der Waals surface area contributed by atoms with Gasteiger partial charge in [-0.2, -0.15) is 15.0 Å². The van der Waals surface area contributed by atoms with Crippen LogP contribution in [0, 0.1) is 10.8 Å². The number of nitrogen functional groups attached to an aromatic ring is 1. The first-order valence-corrected chi connectivity index (χ1v) is 6.29. The lowest BCUT2D eigenvalue weighted by Gasteiger charge is -2.20. The van der Waals surface area contributed by atoms with Gasteiger partial charge in [0.25, 0.3) is 0 Å². The molecule has 0 bridgehead atoms. The van der Waals surface area contributed by atoms with E-state index in [4.69, 9.17) is 5.73 Å². The van der Waals surface area contributed by atoms with Gasteiger partial charge in [0.2, 0.25) is 11.9 Å². The highest BCUT2D eigenvalue weighted by Gasteiger charge is 2.16. The van der Waals surface area contributed by atoms with Crippen molar-refractivity contribution in [2.24, 2.45) is 10.8 Å². The van der Waals surface area contributed by atoms with Crippen molar-refractivity contribution in [3.8, 4) is 0 Å². The second-order valence-corrected chi connectivity index (χ2v) is 7.09. The maximum absolute atomic E-state index is 5.72. The Hall–Kier alpha value is -1.39. The number of nitrogens with two attached hydrogens (primary N) is 1. The van der Waals surface area contributed by atoms with E-state index >= 15 is 0 Å². The van der Waals surface area contributed by atoms with Gasteiger partial charge in [-0.05, 0) is 10.8 Å². The van der Waals surface area contributed by atoms with Gasteiger partial charge in [0.15, 0.2) is 0 Å². The van der Waals surface area contributed by atoms with Crippen LogP contribution in [0.25, 0.3) is 0 Å². The average molecular weight is 251 g/mol. The molecule has 0 amide bonds. The molecule has 0 aliphatic heterocycles. The van der Waals surface area contributed by atoms with Gasteiger partial charge < -0.3 is 11.1 Å². The first-order valence-electron chi connectivity index (χ1n) is 6.29. The fourth-order valence-electron chi connectivity index (χ4n) is 1.41. The monoisotopic (exact) mass is 251 g/mol. The Morgan fingerprint density at radius 2 is 1.56 bits per heavy atom. The van der Waals surface area contributed by atoms with Gasteiger partial charge >= 0.3 is 0 Å². The summed E-state index contributed by atoms with van der Waals surface area (Å²) in [4.78, 5) is 12.7. The van der Waals surface area contributed by atoms with Crippen molar-refractivity contribution in [3.05, 3.63) is 5.82 Å². The summed E-state index contributed by atoms with van der Waals surface area (Å²) in [5.74, 6) is 1.59. The summed E-state index contributed by atoms with van der Waals surface area (Å²) in [6.07, 6.45) is 0.782. The molecule has 0 saturated heterocycles. The Labute approximate surface area is 110 Å². The number of aromatic nitrogens is 3. The summed E-state index contributed by atoms with van der Waals surface area (Å²) in [6.45, 7) is 13.7. The molecule has 5 nitrogen and oxygen atoms in total. The molecule has 1 heterocycles. The normalized spacial score (nSPS) is 12.6. The average Bonchev–Trinajstić information content (AvgIpc) is 2.09. The number of nitrogens with zero attached hydrogens (tertiary/aromatic N) is 3. The van der Waals surface area contributed by atoms with Gasteiger partial charge in [0.05, 0.1) is 0 Å². The molecule has 0 spiro atoms. The van der Waals surface area contributed by atoms with Gasteiger partial charge in [0, 0.05) is 13.0 Å². The summed E-state index contributed by atoms with van der Waals surface area (Å²) < 4.78 is 0. The van der Waals surface area contributed by atoms with E-state index < -0.39 is 0 Å². The zero-order chi connectivity index (χ0) is 14.0. The molecule has 0 radical (unpaired) electrons. The van der Waals surface area contributed by atoms with Gasteiger partial charge in [-0.25, -0.2) is 0 Å². The van der Waals surface area contributed by atoms with Gasteiger partial charge in [-0.1, -0.05) is 41.5 Å². The molecule has 0 fully saturated rings. The number of hydrogen-bond acceptors (Lipinski definition) is 5. The first-order chi connectivity index (χ1) is 8.05. The highest BCUT2D eigenvalue weighted by Crippen LogP contribution is 2.19. The van der Waals surface area contributed by atoms with Crippen molar-refractivity contribution < 1.29 is 0 Å². The molecule has 0 saturated carbocycles. The second-order valence-electron chi connectivity index (χ2n) is 7.09. The fourth-order valence-corrected chi connectivity index (χ4v) is 1.41. The van der Waals surface area contributed by atoms with Crippen molar-refractivity contribution >= 4 is 11.9 Å². The minimum atomic E-state index is 0.134. The highest BCUT2D eigenvalue weighted by molar-refractivity contribution is 5.31. The van der Waals surface area contributed by atoms with Crippen molar-refractivity contribution in [3.63, 3.8) is 0 Å². The molecule has 0 aromatic carbocycles. The van der Waals surface area contributed by atoms with Crippen LogP contribution in [-0.2, 0) is 6.42 Å². The largest absolute Gasteiger partial charge is 0.368 e. The highest BCUT2D eigenvalue weighted by atomic mass is 15.2. The smallest absolute Gasteiger partial charge is 0.227 e. The zero-order valence-electron chi connectivity index (χ0n) is 12.3. The maximum atomic E-state index is 5.72. The molecule has 1 aromatic heterocycles. The topological polar surface area (TPSA) is 76.7 Å². The van der Waals surface area contributed by atoms with Gasteiger partial charge in [-0.3, -0.25) is 0 Å². The second kappa shape index (κ2) is 5.08. The first kappa shape index (κ1) is 14.7. The quantitative estimate of drug-likeness (QED) is 0.863. The third-order valence-corrected chi connectivity index (χ3v) is 2.16. The summed E-state index contributed by atoms with van der Waals surface area (Å²) in [5.41, 5.74) is 6.02. The molecule has 0 unspecified atom stereocenters. The van der Waals surface area contributed by atoms with Crippen molar-refractivity contribution in [2.45, 2.75) is 48.0 Å². The molecule has 102 valence electrons. The van der Waals surface area contributed by atoms with Crippen LogP contribution < -0.4 is 11.1 Å². The molecule has 5 heteroatoms. The van der Waals surface area contributed by atoms with Crippen LogP contribution in [0.4, 0.5) is 11.9 Å². The van der Waals surface area contributed by atoms with E-state index in [1.54, 1.807) is 0 Å². The van der Waals surface area contributed by atoms with Crippen LogP contribution in [0.1, 0.15) is 47.4 Å². The number of nitrogens with one attached hydrogen (secondary N) is 1. The molecule has 18 heavy (non-hydrogen) atoms. The summed E-state index contributed by atoms with van der Waals surface area (Å²) >= 11 is 0. The van der Waals surface area contributed by atoms with Crippen LogP contribution in [0.3, 0.4) is 0 Å². The lowest BCUT2D eigenvalue weighted by atomic mass is 9.92. The van der Waals surface area contributed by atoms with Crippen LogP contribution in [0.2, 0.25) is 0 Å². The van der Waals surface area contributed by atoms with Gasteiger partial charge in [0.1, 0.15) is 5.82 Å². The van der Waals surface area contributed by atoms with Crippen molar-refractivity contribution in [1.82, 2.24) is 15.0 Å². The number of hydrogen-bond donors (Lipinski definition) is 2. The third kappa shape index (κ3) is 5.80. The lowest BCUT2D eigenvalue weighted by molar-refractivity contribution is 0.400. The molecular formula is C13H25N5. The third-order valence-electron chi connectivity index (χ3n) is 2.16. The van der Waals surface area contributed by atoms with Crippen molar-refractivity contribution in [2.75, 3.05) is 17.6 Å². The Morgan fingerprint density at radius 3 is 2.06 bits per heavy atom. The summed E-state index contributed by atoms with van der Waals surface area (Å²) in [5, 5.41) is 3.21. The van der Waals surface area contributed by atoms with E-state index in [9.17, 15) is 0 Å². The van der Waals surface area contributed by atoms with Crippen LogP contribution in [-0.4, -0.2) is 21.5 Å². The minimum Gasteiger partial charge on any atom is -0.368 e. The van der Waals surface area contributed by atoms with Crippen LogP contribution in [0.5, 0.6) is 0 Å². The molecule has 0 atom stereocenters. The van der Waals surface area contributed by atoms with Crippen LogP contribution in [0.15, 0.2) is 0 Å². The Bertz CT molecular complexity index is 401. The lowest BCUT2D eigenvalue weighted by Crippen LogP contribution is -2.22. The van der Waals surface area contributed by atoms with Crippen molar-refractivity contribution in [1.29, 1.82) is 0 Å². The van der Waals surface area contributed by atoms with E-state index in [0.717, 1.165) is 18.8 Å². The van der Waals surface area contributed by atoms with E-state index in [1.807, 2.05) is 0 Å². The number of rotatable bonds is 3. The molecule has 1 rings (SSSR count). The molecular weight excluding hydrogens is 226 g/mol. The molecule has 0 aliphatic carbocycles. The van der Waals surface area contributed by atoms with E-state index in [2.05, 4.69) is 61.8 Å². The minimum absolute atomic E-state index is 0.134. The zero-order valence-corrected chi connectivity index (χ0v) is 12.3. The molecule has 0 aliphatic rings. The maximum Gasteiger partial charge on any atom is 0.227 e. The predicted molar refractivity (Wildman–Crippen MR) is 75.3 cm³/mol. The standard InChI is InChI=1S/C13H25N5/c1-12(2,3)7-9-16-10(14)18-11(17-9)15-8-13(4,5)6/h7-8H2,1-6H3,(H3,14,15,16,17,18). The van der Waals surface area contributed by atoms with E-state index in [1.165, 1.54) is 0 Å². The van der Waals surface area contributed by atoms with Crippen LogP contribution >= 0.6 is 0 Å². The summed E-state index contributed by atoms with van der Waals surface area (Å²) in [6, 6.07) is 0. The Balaban J connectivity index is 2.81. The molecule has 3 N–H and O–H groups in total. The fraction of sp³-hybridized carbons (Fsp3) is 0.769. The molecule has 1 aromatic rings. The predicted octanol–water partition coefficient (Wildman–Crippen LogP) is 2.50. The summed E-state index contributed by atoms with van der Waals surface area (Å²) in [7, 11) is 0. The SMILES string of the molecule is CC(C)(C)CNc1nc(N)nc(CC(C)(C)C)n1. The number of anilines is 2. The van der Waals surface area contributed by atoms with E-state index in [0.29, 0.717) is 5.95 Å². The Kier molecular flexibility index (Phi) is 4.14. The van der Waals surface area contributed by atoms with E-state index in [-0.39, 0.29) is 16.8 Å².